The van der Waals surface area contributed by atoms with Gasteiger partial charge in [0.1, 0.15) is 6.54 Å². The molecule has 0 radical (unpaired) electrons. The molecule has 0 aliphatic heterocycles. The highest BCUT2D eigenvalue weighted by Gasteiger charge is 2.23. The van der Waals surface area contributed by atoms with Crippen molar-refractivity contribution >= 4 is 0 Å². The lowest BCUT2D eigenvalue weighted by Gasteiger charge is -2.35. The molecule has 96 valence electrons. The Bertz CT molecular complexity index is 371. The predicted octanol–water partition coefficient (Wildman–Crippen LogP) is 2.30. The fourth-order valence-corrected chi connectivity index (χ4v) is 2.00. The minimum absolute atomic E-state index is 0.254. The molecule has 0 saturated carbocycles. The number of hydrogen-bond acceptors (Lipinski definition) is 1. The maximum atomic E-state index is 9.08. The number of rotatable bonds is 5. The fourth-order valence-electron chi connectivity index (χ4n) is 2.00. The number of benzene rings is 1. The van der Waals surface area contributed by atoms with Crippen LogP contribution >= 0.6 is 0 Å². The van der Waals surface area contributed by atoms with E-state index in [4.69, 9.17) is 5.11 Å². The van der Waals surface area contributed by atoms with Crippen LogP contribution < -0.4 is 0 Å². The molecule has 1 rings (SSSR count). The predicted molar refractivity (Wildman–Crippen MR) is 73.1 cm³/mol. The molecular formula is C15H26NO+. The molecule has 2 nitrogen and oxygen atoms in total. The largest absolute Gasteiger partial charge is 0.391 e. The van der Waals surface area contributed by atoms with Gasteiger partial charge in [0.2, 0.25) is 0 Å². The van der Waals surface area contributed by atoms with Crippen LogP contribution in [-0.4, -0.2) is 42.9 Å². The van der Waals surface area contributed by atoms with E-state index in [1.807, 2.05) is 0 Å². The molecule has 0 aliphatic rings. The highest BCUT2D eigenvalue weighted by molar-refractivity contribution is 5.30. The smallest absolute Gasteiger partial charge is 0.102 e. The van der Waals surface area contributed by atoms with Crippen molar-refractivity contribution in [2.75, 3.05) is 27.2 Å². The summed E-state index contributed by atoms with van der Waals surface area (Å²) in [5.74, 6) is 0. The summed E-state index contributed by atoms with van der Waals surface area (Å²) in [4.78, 5) is 0. The molecule has 0 amide bonds. The van der Waals surface area contributed by atoms with E-state index in [1.165, 1.54) is 16.7 Å². The van der Waals surface area contributed by atoms with Gasteiger partial charge in [-0.2, -0.15) is 0 Å². The molecule has 0 heterocycles. The number of hydrogen-bond donors (Lipinski definition) is 1. The van der Waals surface area contributed by atoms with E-state index in [2.05, 4.69) is 53.1 Å². The van der Waals surface area contributed by atoms with Crippen molar-refractivity contribution in [1.82, 2.24) is 0 Å². The summed E-state index contributed by atoms with van der Waals surface area (Å²) in [5, 5.41) is 9.08. The first-order valence-electron chi connectivity index (χ1n) is 6.36. The van der Waals surface area contributed by atoms with Gasteiger partial charge in [-0.3, -0.25) is 0 Å². The van der Waals surface area contributed by atoms with Crippen molar-refractivity contribution in [3.8, 4) is 0 Å². The van der Waals surface area contributed by atoms with Gasteiger partial charge in [-0.1, -0.05) is 18.2 Å². The summed E-state index contributed by atoms with van der Waals surface area (Å²) in [5.41, 5.74) is 4.11. The summed E-state index contributed by atoms with van der Waals surface area (Å²) in [6.45, 7) is 7.63. The summed E-state index contributed by atoms with van der Waals surface area (Å²) < 4.78 is 0.865. The third-order valence-corrected chi connectivity index (χ3v) is 3.97. The number of aliphatic hydroxyl groups is 1. The molecular weight excluding hydrogens is 210 g/mol. The quantitative estimate of drug-likeness (QED) is 0.778. The molecule has 0 spiro atoms. The minimum atomic E-state index is 0.254. The van der Waals surface area contributed by atoms with Crippen molar-refractivity contribution < 1.29 is 9.59 Å². The average Bonchev–Trinajstić information content (AvgIpc) is 2.23. The first kappa shape index (κ1) is 14.2. The van der Waals surface area contributed by atoms with Crippen LogP contribution in [0, 0.1) is 13.8 Å². The number of quaternary nitrogens is 1. The second-order valence-electron chi connectivity index (χ2n) is 5.70. The van der Waals surface area contributed by atoms with E-state index in [1.54, 1.807) is 0 Å². The van der Waals surface area contributed by atoms with Crippen LogP contribution in [0.2, 0.25) is 0 Å². The van der Waals surface area contributed by atoms with Crippen LogP contribution in [-0.2, 0) is 6.42 Å². The molecule has 2 heteroatoms. The molecule has 0 aliphatic carbocycles. The summed E-state index contributed by atoms with van der Waals surface area (Å²) in [7, 11) is 4.36. The molecule has 1 atom stereocenters. The normalized spacial score (nSPS) is 13.8. The Labute approximate surface area is 105 Å². The summed E-state index contributed by atoms with van der Waals surface area (Å²) >= 11 is 0. The molecule has 1 aromatic carbocycles. The highest BCUT2D eigenvalue weighted by atomic mass is 16.3. The number of nitrogens with zero attached hydrogens (tertiary/aromatic N) is 1. The minimum Gasteiger partial charge on any atom is -0.391 e. The van der Waals surface area contributed by atoms with Gasteiger partial charge in [-0.05, 0) is 37.5 Å². The van der Waals surface area contributed by atoms with Gasteiger partial charge in [-0.25, -0.2) is 0 Å². The number of aryl methyl sites for hydroxylation is 2. The van der Waals surface area contributed by atoms with Gasteiger partial charge in [0, 0.05) is 6.42 Å². The Balaban J connectivity index is 2.73. The fraction of sp³-hybridized carbons (Fsp3) is 0.600. The van der Waals surface area contributed by atoms with E-state index >= 15 is 0 Å². The average molecular weight is 236 g/mol. The summed E-state index contributed by atoms with van der Waals surface area (Å²) in [6.07, 6.45) is 1.06. The van der Waals surface area contributed by atoms with Gasteiger partial charge in [0.25, 0.3) is 0 Å². The molecule has 17 heavy (non-hydrogen) atoms. The summed E-state index contributed by atoms with van der Waals surface area (Å²) in [6, 6.07) is 7.22. The van der Waals surface area contributed by atoms with Crippen molar-refractivity contribution in [3.63, 3.8) is 0 Å². The molecule has 1 aromatic rings. The Morgan fingerprint density at radius 3 is 2.35 bits per heavy atom. The molecule has 0 fully saturated rings. The maximum absolute atomic E-state index is 9.08. The third kappa shape index (κ3) is 3.83. The van der Waals surface area contributed by atoms with E-state index in [9.17, 15) is 0 Å². The lowest BCUT2D eigenvalue weighted by Crippen LogP contribution is -2.50. The van der Waals surface area contributed by atoms with E-state index < -0.39 is 0 Å². The lowest BCUT2D eigenvalue weighted by atomic mass is 10.0. The number of aliphatic hydroxyl groups excluding tert-OH is 1. The van der Waals surface area contributed by atoms with Gasteiger partial charge in [-0.15, -0.1) is 0 Å². The van der Waals surface area contributed by atoms with Gasteiger partial charge >= 0.3 is 0 Å². The van der Waals surface area contributed by atoms with Crippen LogP contribution in [0.4, 0.5) is 0 Å². The van der Waals surface area contributed by atoms with Crippen molar-refractivity contribution in [1.29, 1.82) is 0 Å². The van der Waals surface area contributed by atoms with Gasteiger partial charge < -0.3 is 9.59 Å². The van der Waals surface area contributed by atoms with E-state index in [0.29, 0.717) is 6.04 Å². The van der Waals surface area contributed by atoms with Gasteiger partial charge in [0.15, 0.2) is 0 Å². The van der Waals surface area contributed by atoms with Crippen molar-refractivity contribution in [3.05, 3.63) is 34.9 Å². The first-order chi connectivity index (χ1) is 7.86. The Kier molecular flexibility index (Phi) is 4.72. The van der Waals surface area contributed by atoms with Crippen molar-refractivity contribution in [2.24, 2.45) is 0 Å². The zero-order valence-electron chi connectivity index (χ0n) is 11.8. The Morgan fingerprint density at radius 2 is 1.82 bits per heavy atom. The topological polar surface area (TPSA) is 20.2 Å². The van der Waals surface area contributed by atoms with Gasteiger partial charge in [0.05, 0.1) is 26.7 Å². The maximum Gasteiger partial charge on any atom is 0.102 e. The SMILES string of the molecule is Cc1ccc(CC(C)[N+](C)(C)CCO)cc1C. The Hall–Kier alpha value is -0.860. The lowest BCUT2D eigenvalue weighted by molar-refractivity contribution is -0.913. The third-order valence-electron chi connectivity index (χ3n) is 3.97. The van der Waals surface area contributed by atoms with Crippen LogP contribution in [0.1, 0.15) is 23.6 Å². The second-order valence-corrected chi connectivity index (χ2v) is 5.70. The first-order valence-corrected chi connectivity index (χ1v) is 6.36. The van der Waals surface area contributed by atoms with Crippen LogP contribution in [0.3, 0.4) is 0 Å². The molecule has 0 saturated heterocycles. The molecule has 1 unspecified atom stereocenters. The van der Waals surface area contributed by atoms with Crippen LogP contribution in [0.15, 0.2) is 18.2 Å². The monoisotopic (exact) mass is 236 g/mol. The van der Waals surface area contributed by atoms with Crippen molar-refractivity contribution in [2.45, 2.75) is 33.2 Å². The molecule has 1 N–H and O–H groups in total. The molecule has 0 aromatic heterocycles. The second kappa shape index (κ2) is 5.65. The van der Waals surface area contributed by atoms with E-state index in [0.717, 1.165) is 17.4 Å². The zero-order chi connectivity index (χ0) is 13.1. The Morgan fingerprint density at radius 1 is 1.18 bits per heavy atom. The number of likely N-dealkylation sites (N-methyl/N-ethyl adjacent to an activating group) is 1. The highest BCUT2D eigenvalue weighted by Crippen LogP contribution is 2.16. The zero-order valence-corrected chi connectivity index (χ0v) is 11.8. The van der Waals surface area contributed by atoms with Crippen LogP contribution in [0.25, 0.3) is 0 Å². The standard InChI is InChI=1S/C15H26NO/c1-12-6-7-15(10-13(12)2)11-14(3)16(4,5)8-9-17/h6-7,10,14,17H,8-9,11H2,1-5H3/q+1. The molecule has 0 bridgehead atoms. The van der Waals surface area contributed by atoms with E-state index in [-0.39, 0.29) is 6.61 Å². The van der Waals surface area contributed by atoms with Crippen LogP contribution in [0.5, 0.6) is 0 Å².